The largest absolute Gasteiger partial charge is 0.321 e. The lowest BCUT2D eigenvalue weighted by atomic mass is 10.1. The molecular formula is C13H9BrClF2N3O. The third-order valence-corrected chi connectivity index (χ3v) is 3.57. The third-order valence-electron chi connectivity index (χ3n) is 2.65. The van der Waals surface area contributed by atoms with Crippen molar-refractivity contribution in [2.45, 2.75) is 0 Å². The summed E-state index contributed by atoms with van der Waals surface area (Å²) >= 11 is 8.97. The second-order valence-electron chi connectivity index (χ2n) is 4.01. The van der Waals surface area contributed by atoms with Crippen LogP contribution in [0.2, 0.25) is 5.02 Å². The molecule has 110 valence electrons. The normalized spacial score (nSPS) is 10.3. The first-order valence-corrected chi connectivity index (χ1v) is 6.82. The molecule has 0 aliphatic rings. The summed E-state index contributed by atoms with van der Waals surface area (Å²) < 4.78 is 27.0. The number of nitrogen functional groups attached to an aromatic ring is 1. The maximum atomic E-state index is 13.6. The number of rotatable bonds is 3. The molecule has 8 heteroatoms. The molecule has 2 rings (SSSR count). The molecule has 0 spiro atoms. The van der Waals surface area contributed by atoms with Gasteiger partial charge in [0.1, 0.15) is 11.6 Å². The van der Waals surface area contributed by atoms with E-state index in [-0.39, 0.29) is 26.4 Å². The molecule has 1 amide bonds. The summed E-state index contributed by atoms with van der Waals surface area (Å²) in [6.07, 6.45) is 0. The second kappa shape index (κ2) is 6.38. The first-order chi connectivity index (χ1) is 9.93. The average Bonchev–Trinajstić information content (AvgIpc) is 2.42. The zero-order valence-corrected chi connectivity index (χ0v) is 12.7. The van der Waals surface area contributed by atoms with Crippen molar-refractivity contribution in [3.8, 4) is 0 Å². The number of carbonyl (C=O) groups is 1. The van der Waals surface area contributed by atoms with E-state index in [0.717, 1.165) is 18.2 Å². The molecule has 4 nitrogen and oxygen atoms in total. The molecule has 0 saturated heterocycles. The lowest BCUT2D eigenvalue weighted by molar-refractivity contribution is 0.102. The Kier molecular flexibility index (Phi) is 4.76. The summed E-state index contributed by atoms with van der Waals surface area (Å²) in [5, 5.41) is 2.49. The van der Waals surface area contributed by atoms with E-state index in [1.807, 2.05) is 0 Å². The highest BCUT2D eigenvalue weighted by Gasteiger charge is 2.17. The van der Waals surface area contributed by atoms with E-state index in [1.54, 1.807) is 0 Å². The van der Waals surface area contributed by atoms with Gasteiger partial charge >= 0.3 is 0 Å². The van der Waals surface area contributed by atoms with Gasteiger partial charge < -0.3 is 10.7 Å². The van der Waals surface area contributed by atoms with Gasteiger partial charge in [0, 0.05) is 4.47 Å². The van der Waals surface area contributed by atoms with Crippen LogP contribution in [0.4, 0.5) is 20.2 Å². The molecule has 0 fully saturated rings. The zero-order chi connectivity index (χ0) is 15.6. The average molecular weight is 377 g/mol. The quantitative estimate of drug-likeness (QED) is 0.562. The van der Waals surface area contributed by atoms with Crippen molar-refractivity contribution in [3.63, 3.8) is 0 Å². The standard InChI is InChI=1S/C13H9BrClF2N3O/c14-8-4-6(16)5-9(15)12(8)19-13(21)7-2-1-3-10(17)11(7)20-18/h1-5,20H,18H2,(H,19,21). The molecule has 0 atom stereocenters. The molecule has 0 aliphatic carbocycles. The smallest absolute Gasteiger partial charge is 0.257 e. The Labute approximate surface area is 132 Å². The van der Waals surface area contributed by atoms with Crippen LogP contribution in [-0.4, -0.2) is 5.91 Å². The molecule has 0 unspecified atom stereocenters. The Balaban J connectivity index is 2.38. The number of halogens is 4. The number of nitrogens with two attached hydrogens (primary N) is 1. The summed E-state index contributed by atoms with van der Waals surface area (Å²) in [7, 11) is 0. The Morgan fingerprint density at radius 3 is 2.57 bits per heavy atom. The highest BCUT2D eigenvalue weighted by molar-refractivity contribution is 9.10. The first kappa shape index (κ1) is 15.7. The van der Waals surface area contributed by atoms with Crippen molar-refractivity contribution >= 4 is 44.8 Å². The van der Waals surface area contributed by atoms with E-state index in [1.165, 1.54) is 12.1 Å². The van der Waals surface area contributed by atoms with Gasteiger partial charge in [0.2, 0.25) is 0 Å². The van der Waals surface area contributed by atoms with E-state index < -0.39 is 17.5 Å². The maximum absolute atomic E-state index is 13.6. The van der Waals surface area contributed by atoms with Crippen LogP contribution in [0, 0.1) is 11.6 Å². The maximum Gasteiger partial charge on any atom is 0.257 e. The zero-order valence-electron chi connectivity index (χ0n) is 10.4. The molecule has 0 aromatic heterocycles. The molecular weight excluding hydrogens is 368 g/mol. The topological polar surface area (TPSA) is 67.1 Å². The van der Waals surface area contributed by atoms with Crippen molar-refractivity contribution in [3.05, 3.63) is 57.0 Å². The number of anilines is 2. The van der Waals surface area contributed by atoms with Crippen LogP contribution in [0.3, 0.4) is 0 Å². The third kappa shape index (κ3) is 3.31. The highest BCUT2D eigenvalue weighted by atomic mass is 79.9. The van der Waals surface area contributed by atoms with Crippen molar-refractivity contribution in [2.75, 3.05) is 10.7 Å². The summed E-state index contributed by atoms with van der Waals surface area (Å²) in [6.45, 7) is 0. The monoisotopic (exact) mass is 375 g/mol. The van der Waals surface area contributed by atoms with Gasteiger partial charge in [-0.25, -0.2) is 8.78 Å². The minimum absolute atomic E-state index is 0.00823. The summed E-state index contributed by atoms with van der Waals surface area (Å²) in [5.41, 5.74) is 2.15. The van der Waals surface area contributed by atoms with Gasteiger partial charge in [-0.3, -0.25) is 10.6 Å². The van der Waals surface area contributed by atoms with E-state index in [9.17, 15) is 13.6 Å². The molecule has 0 heterocycles. The number of hydrogen-bond donors (Lipinski definition) is 3. The number of hydrazine groups is 1. The van der Waals surface area contributed by atoms with E-state index in [4.69, 9.17) is 17.4 Å². The summed E-state index contributed by atoms with van der Waals surface area (Å²) in [6, 6.07) is 6.11. The van der Waals surface area contributed by atoms with Crippen LogP contribution < -0.4 is 16.6 Å². The lowest BCUT2D eigenvalue weighted by Crippen LogP contribution is -2.18. The van der Waals surface area contributed by atoms with Crippen LogP contribution in [0.1, 0.15) is 10.4 Å². The number of nitrogens with one attached hydrogen (secondary N) is 2. The van der Waals surface area contributed by atoms with Gasteiger partial charge in [0.15, 0.2) is 0 Å². The molecule has 0 radical (unpaired) electrons. The minimum atomic E-state index is -0.672. The number of hydrogen-bond acceptors (Lipinski definition) is 3. The minimum Gasteiger partial charge on any atom is -0.321 e. The molecule has 0 saturated carbocycles. The Bertz CT molecular complexity index is 689. The van der Waals surface area contributed by atoms with E-state index in [2.05, 4.69) is 26.7 Å². The van der Waals surface area contributed by atoms with Crippen LogP contribution in [0.15, 0.2) is 34.8 Å². The van der Waals surface area contributed by atoms with Gasteiger partial charge in [0.25, 0.3) is 5.91 Å². The van der Waals surface area contributed by atoms with Crippen molar-refractivity contribution in [1.29, 1.82) is 0 Å². The van der Waals surface area contributed by atoms with E-state index in [0.29, 0.717) is 0 Å². The number of para-hydroxylation sites is 1. The van der Waals surface area contributed by atoms with Gasteiger partial charge in [0.05, 0.1) is 22.0 Å². The van der Waals surface area contributed by atoms with Gasteiger partial charge in [-0.1, -0.05) is 17.7 Å². The highest BCUT2D eigenvalue weighted by Crippen LogP contribution is 2.32. The number of benzene rings is 2. The van der Waals surface area contributed by atoms with E-state index >= 15 is 0 Å². The Morgan fingerprint density at radius 2 is 1.95 bits per heavy atom. The molecule has 0 bridgehead atoms. The molecule has 4 N–H and O–H groups in total. The van der Waals surface area contributed by atoms with Crippen molar-refractivity contribution in [2.24, 2.45) is 5.84 Å². The lowest BCUT2D eigenvalue weighted by Gasteiger charge is -2.12. The fraction of sp³-hybridized carbons (Fsp3) is 0. The van der Waals surface area contributed by atoms with Crippen LogP contribution >= 0.6 is 27.5 Å². The molecule has 0 aliphatic heterocycles. The van der Waals surface area contributed by atoms with Crippen LogP contribution in [-0.2, 0) is 0 Å². The summed E-state index contributed by atoms with van der Waals surface area (Å²) in [4.78, 5) is 12.2. The molecule has 2 aromatic rings. The number of amides is 1. The molecule has 21 heavy (non-hydrogen) atoms. The second-order valence-corrected chi connectivity index (χ2v) is 5.27. The van der Waals surface area contributed by atoms with Crippen LogP contribution in [0.25, 0.3) is 0 Å². The number of carbonyl (C=O) groups excluding carboxylic acids is 1. The molecule has 2 aromatic carbocycles. The van der Waals surface area contributed by atoms with Gasteiger partial charge in [-0.2, -0.15) is 0 Å². The van der Waals surface area contributed by atoms with Crippen molar-refractivity contribution < 1.29 is 13.6 Å². The Hall–Kier alpha value is -1.70. The summed E-state index contributed by atoms with van der Waals surface area (Å²) in [5.74, 6) is 3.34. The fourth-order valence-electron chi connectivity index (χ4n) is 1.70. The SMILES string of the molecule is NNc1c(F)cccc1C(=O)Nc1c(Cl)cc(F)cc1Br. The van der Waals surface area contributed by atoms with Gasteiger partial charge in [-0.05, 0) is 40.2 Å². The Morgan fingerprint density at radius 1 is 1.24 bits per heavy atom. The predicted molar refractivity (Wildman–Crippen MR) is 81.3 cm³/mol. The van der Waals surface area contributed by atoms with Crippen LogP contribution in [0.5, 0.6) is 0 Å². The fourth-order valence-corrected chi connectivity index (χ4v) is 2.60. The predicted octanol–water partition coefficient (Wildman–Crippen LogP) is 3.92. The first-order valence-electron chi connectivity index (χ1n) is 5.65. The van der Waals surface area contributed by atoms with Crippen molar-refractivity contribution in [1.82, 2.24) is 0 Å². The van der Waals surface area contributed by atoms with Gasteiger partial charge in [-0.15, -0.1) is 0 Å².